The van der Waals surface area contributed by atoms with Crippen LogP contribution in [0.3, 0.4) is 0 Å². The quantitative estimate of drug-likeness (QED) is 0.664. The van der Waals surface area contributed by atoms with Gasteiger partial charge in [0, 0.05) is 10.6 Å². The average molecular weight is 223 g/mol. The summed E-state index contributed by atoms with van der Waals surface area (Å²) < 4.78 is 2.17. The monoisotopic (exact) mass is 222 g/mol. The normalized spacial score (nSPS) is 12.3. The van der Waals surface area contributed by atoms with Crippen molar-refractivity contribution < 1.29 is 0 Å². The molecule has 0 unspecified atom stereocenters. The molecule has 0 aliphatic heterocycles. The number of halogens is 1. The van der Waals surface area contributed by atoms with Crippen molar-refractivity contribution in [2.75, 3.05) is 0 Å². The van der Waals surface area contributed by atoms with E-state index in [1.165, 1.54) is 0 Å². The number of benzene rings is 1. The molecule has 3 heteroatoms. The second-order valence-corrected chi connectivity index (χ2v) is 5.28. The van der Waals surface area contributed by atoms with Crippen LogP contribution in [0.1, 0.15) is 26.3 Å². The summed E-state index contributed by atoms with van der Waals surface area (Å²) in [5, 5.41) is 0.779. The Labute approximate surface area is 94.9 Å². The van der Waals surface area contributed by atoms with Crippen LogP contribution in [0.2, 0.25) is 5.02 Å². The van der Waals surface area contributed by atoms with Crippen LogP contribution in [0.15, 0.2) is 18.5 Å². The predicted molar refractivity (Wildman–Crippen MR) is 64.5 cm³/mol. The number of hydrogen-bond donors (Lipinski definition) is 0. The minimum absolute atomic E-state index is 0.0506. The minimum atomic E-state index is 0.0506. The zero-order chi connectivity index (χ0) is 11.2. The van der Waals surface area contributed by atoms with Crippen LogP contribution in [0.5, 0.6) is 0 Å². The van der Waals surface area contributed by atoms with Gasteiger partial charge in [0.1, 0.15) is 0 Å². The fourth-order valence-corrected chi connectivity index (χ4v) is 1.83. The third-order valence-corrected chi connectivity index (χ3v) is 2.96. The topological polar surface area (TPSA) is 17.8 Å². The van der Waals surface area contributed by atoms with E-state index in [-0.39, 0.29) is 5.54 Å². The molecule has 0 N–H and O–H groups in total. The summed E-state index contributed by atoms with van der Waals surface area (Å²) in [6, 6.07) is 4.02. The average Bonchev–Trinajstić information content (AvgIpc) is 2.47. The first-order valence-corrected chi connectivity index (χ1v) is 5.41. The standard InChI is InChI=1S/C12H15ClN2/c1-8-5-11-10(6-9(8)13)14-7-15(11)12(2,3)4/h5-7H,1-4H3. The summed E-state index contributed by atoms with van der Waals surface area (Å²) in [6.07, 6.45) is 1.88. The van der Waals surface area contributed by atoms with Crippen molar-refractivity contribution in [2.45, 2.75) is 33.2 Å². The summed E-state index contributed by atoms with van der Waals surface area (Å²) in [5.74, 6) is 0. The molecule has 0 saturated carbocycles. The molecule has 1 aromatic heterocycles. The van der Waals surface area contributed by atoms with Crippen LogP contribution in [0, 0.1) is 6.92 Å². The molecular weight excluding hydrogens is 208 g/mol. The van der Waals surface area contributed by atoms with E-state index in [4.69, 9.17) is 11.6 Å². The molecule has 2 rings (SSSR count). The number of aryl methyl sites for hydroxylation is 1. The molecule has 80 valence electrons. The van der Waals surface area contributed by atoms with E-state index in [9.17, 15) is 0 Å². The molecule has 0 saturated heterocycles. The predicted octanol–water partition coefficient (Wildman–Crippen LogP) is 3.75. The van der Waals surface area contributed by atoms with Gasteiger partial charge in [0.05, 0.1) is 17.4 Å². The highest BCUT2D eigenvalue weighted by Gasteiger charge is 2.16. The number of hydrogen-bond acceptors (Lipinski definition) is 1. The van der Waals surface area contributed by atoms with Gasteiger partial charge >= 0.3 is 0 Å². The van der Waals surface area contributed by atoms with Gasteiger partial charge in [-0.1, -0.05) is 11.6 Å². The SMILES string of the molecule is Cc1cc2c(cc1Cl)ncn2C(C)(C)C. The Morgan fingerprint density at radius 3 is 2.53 bits per heavy atom. The lowest BCUT2D eigenvalue weighted by Crippen LogP contribution is -2.20. The largest absolute Gasteiger partial charge is 0.325 e. The van der Waals surface area contributed by atoms with Crippen molar-refractivity contribution in [2.24, 2.45) is 0 Å². The summed E-state index contributed by atoms with van der Waals surface area (Å²) in [5.41, 5.74) is 3.25. The Hall–Kier alpha value is -1.02. The number of nitrogens with zero attached hydrogens (tertiary/aromatic N) is 2. The molecule has 0 amide bonds. The van der Waals surface area contributed by atoms with Gasteiger partial charge < -0.3 is 4.57 Å². The Balaban J connectivity index is 2.75. The van der Waals surface area contributed by atoms with E-state index >= 15 is 0 Å². The van der Waals surface area contributed by atoms with E-state index in [1.54, 1.807) is 0 Å². The summed E-state index contributed by atoms with van der Waals surface area (Å²) in [7, 11) is 0. The molecule has 1 heterocycles. The summed E-state index contributed by atoms with van der Waals surface area (Å²) in [6.45, 7) is 8.51. The lowest BCUT2D eigenvalue weighted by molar-refractivity contribution is 0.408. The Morgan fingerprint density at radius 2 is 1.93 bits per heavy atom. The highest BCUT2D eigenvalue weighted by Crippen LogP contribution is 2.26. The molecule has 0 radical (unpaired) electrons. The zero-order valence-electron chi connectivity index (χ0n) is 9.50. The number of rotatable bonds is 0. The van der Waals surface area contributed by atoms with Gasteiger partial charge in [-0.3, -0.25) is 0 Å². The lowest BCUT2D eigenvalue weighted by atomic mass is 10.1. The first kappa shape index (κ1) is 10.5. The minimum Gasteiger partial charge on any atom is -0.325 e. The maximum Gasteiger partial charge on any atom is 0.0963 e. The summed E-state index contributed by atoms with van der Waals surface area (Å²) in [4.78, 5) is 4.37. The molecule has 0 aliphatic rings. The van der Waals surface area contributed by atoms with Gasteiger partial charge in [-0.05, 0) is 45.4 Å². The number of fused-ring (bicyclic) bond motifs is 1. The molecule has 15 heavy (non-hydrogen) atoms. The molecule has 0 atom stereocenters. The Kier molecular flexibility index (Phi) is 2.27. The van der Waals surface area contributed by atoms with Crippen LogP contribution in [0.4, 0.5) is 0 Å². The van der Waals surface area contributed by atoms with Crippen molar-refractivity contribution in [1.82, 2.24) is 9.55 Å². The third-order valence-electron chi connectivity index (χ3n) is 2.55. The molecule has 0 spiro atoms. The highest BCUT2D eigenvalue weighted by molar-refractivity contribution is 6.32. The van der Waals surface area contributed by atoms with Crippen LogP contribution in [-0.4, -0.2) is 9.55 Å². The fourth-order valence-electron chi connectivity index (χ4n) is 1.67. The maximum absolute atomic E-state index is 6.06. The number of aromatic nitrogens is 2. The smallest absolute Gasteiger partial charge is 0.0963 e. The van der Waals surface area contributed by atoms with Crippen molar-refractivity contribution in [3.8, 4) is 0 Å². The third kappa shape index (κ3) is 1.74. The fraction of sp³-hybridized carbons (Fsp3) is 0.417. The van der Waals surface area contributed by atoms with E-state index < -0.39 is 0 Å². The van der Waals surface area contributed by atoms with Crippen molar-refractivity contribution in [3.63, 3.8) is 0 Å². The van der Waals surface area contributed by atoms with Crippen LogP contribution < -0.4 is 0 Å². The molecule has 0 aliphatic carbocycles. The van der Waals surface area contributed by atoms with Crippen molar-refractivity contribution in [1.29, 1.82) is 0 Å². The summed E-state index contributed by atoms with van der Waals surface area (Å²) >= 11 is 6.06. The van der Waals surface area contributed by atoms with Gasteiger partial charge in [-0.15, -0.1) is 0 Å². The first-order chi connectivity index (χ1) is 6.89. The van der Waals surface area contributed by atoms with Gasteiger partial charge in [0.2, 0.25) is 0 Å². The van der Waals surface area contributed by atoms with Crippen LogP contribution in [0.25, 0.3) is 11.0 Å². The van der Waals surface area contributed by atoms with E-state index in [2.05, 4.69) is 36.4 Å². The van der Waals surface area contributed by atoms with E-state index in [0.717, 1.165) is 21.6 Å². The lowest BCUT2D eigenvalue weighted by Gasteiger charge is -2.21. The number of imidazole rings is 1. The van der Waals surface area contributed by atoms with Crippen molar-refractivity contribution >= 4 is 22.6 Å². The van der Waals surface area contributed by atoms with Gasteiger partial charge in [-0.25, -0.2) is 4.98 Å². The van der Waals surface area contributed by atoms with Gasteiger partial charge in [0.15, 0.2) is 0 Å². The zero-order valence-corrected chi connectivity index (χ0v) is 10.3. The molecule has 1 aromatic carbocycles. The van der Waals surface area contributed by atoms with E-state index in [0.29, 0.717) is 0 Å². The molecule has 0 fully saturated rings. The molecular formula is C12H15ClN2. The van der Waals surface area contributed by atoms with Crippen LogP contribution >= 0.6 is 11.6 Å². The van der Waals surface area contributed by atoms with Crippen LogP contribution in [-0.2, 0) is 5.54 Å². The Morgan fingerprint density at radius 1 is 1.27 bits per heavy atom. The van der Waals surface area contributed by atoms with E-state index in [1.807, 2.05) is 19.3 Å². The highest BCUT2D eigenvalue weighted by atomic mass is 35.5. The first-order valence-electron chi connectivity index (χ1n) is 5.03. The van der Waals surface area contributed by atoms with Gasteiger partial charge in [0.25, 0.3) is 0 Å². The van der Waals surface area contributed by atoms with Gasteiger partial charge in [-0.2, -0.15) is 0 Å². The second kappa shape index (κ2) is 3.24. The Bertz CT molecular complexity index is 506. The molecule has 0 bridgehead atoms. The second-order valence-electron chi connectivity index (χ2n) is 4.88. The maximum atomic E-state index is 6.06. The molecule has 2 nitrogen and oxygen atoms in total. The molecule has 2 aromatic rings. The van der Waals surface area contributed by atoms with Crippen molar-refractivity contribution in [3.05, 3.63) is 29.0 Å².